The molecule has 1 fully saturated rings. The third-order valence-corrected chi connectivity index (χ3v) is 8.34. The quantitative estimate of drug-likeness (QED) is 0.578. The smallest absolute Gasteiger partial charge is 0.262 e. The fourth-order valence-electron chi connectivity index (χ4n) is 3.87. The molecular weight excluding hydrogens is 488 g/mol. The van der Waals surface area contributed by atoms with E-state index in [2.05, 4.69) is 15.6 Å². The van der Waals surface area contributed by atoms with Crippen molar-refractivity contribution in [2.24, 2.45) is 5.41 Å². The minimum atomic E-state index is -3.92. The molecule has 11 heteroatoms. The number of nitrogens with one attached hydrogen (secondary N) is 2. The molecule has 2 atom stereocenters. The molecule has 35 heavy (non-hydrogen) atoms. The highest BCUT2D eigenvalue weighted by atomic mass is 32.2. The lowest BCUT2D eigenvalue weighted by Crippen LogP contribution is -2.53. The van der Waals surface area contributed by atoms with E-state index in [9.17, 15) is 22.8 Å². The van der Waals surface area contributed by atoms with Crippen molar-refractivity contribution < 1.29 is 22.8 Å². The molecular formula is C24H32N4O5S2. The molecule has 3 rings (SSSR count). The predicted molar refractivity (Wildman–Crippen MR) is 134 cm³/mol. The molecule has 0 aliphatic carbocycles. The van der Waals surface area contributed by atoms with Crippen LogP contribution in [0.2, 0.25) is 0 Å². The molecule has 3 heterocycles. The Bertz CT molecular complexity index is 1170. The summed E-state index contributed by atoms with van der Waals surface area (Å²) >= 11 is 1.34. The number of carbonyl (C=O) groups excluding carboxylic acids is 3. The van der Waals surface area contributed by atoms with Gasteiger partial charge in [0.1, 0.15) is 6.04 Å². The number of ketones is 1. The van der Waals surface area contributed by atoms with Crippen molar-refractivity contribution in [1.82, 2.24) is 19.9 Å². The minimum absolute atomic E-state index is 0.118. The van der Waals surface area contributed by atoms with Gasteiger partial charge in [-0.2, -0.15) is 4.31 Å². The first kappa shape index (κ1) is 27.0. The van der Waals surface area contributed by atoms with E-state index in [-0.39, 0.29) is 29.4 Å². The standard InChI is InChI=1S/C24H32N4O5S2/c1-16-10-11-20(34-16)23(31)27-18(14-24(2,3)4)22(30)26-17-8-7-13-28(15-19(17)29)35(32,33)21-9-5-6-12-25-21/h5-6,9-12,17-18H,7-8,13-15H2,1-4H3,(H,26,30)(H,27,31)/t17-,18-/m0/s1. The second kappa shape index (κ2) is 11.0. The molecule has 2 aromatic rings. The molecule has 0 spiro atoms. The number of nitrogens with zero attached hydrogens (tertiary/aromatic N) is 2. The van der Waals surface area contributed by atoms with E-state index in [0.29, 0.717) is 24.1 Å². The van der Waals surface area contributed by atoms with Crippen LogP contribution in [0.4, 0.5) is 0 Å². The maximum atomic E-state index is 13.2. The van der Waals surface area contributed by atoms with Crippen LogP contribution in [-0.4, -0.2) is 60.5 Å². The van der Waals surface area contributed by atoms with E-state index >= 15 is 0 Å². The van der Waals surface area contributed by atoms with Gasteiger partial charge in [0.25, 0.3) is 15.9 Å². The number of amides is 2. The number of aromatic nitrogens is 1. The van der Waals surface area contributed by atoms with Gasteiger partial charge in [0.05, 0.1) is 17.5 Å². The Labute approximate surface area is 210 Å². The van der Waals surface area contributed by atoms with Crippen LogP contribution in [0, 0.1) is 12.3 Å². The average Bonchev–Trinajstić information content (AvgIpc) is 3.14. The van der Waals surface area contributed by atoms with E-state index in [0.717, 1.165) is 9.18 Å². The summed E-state index contributed by atoms with van der Waals surface area (Å²) in [4.78, 5) is 44.3. The minimum Gasteiger partial charge on any atom is -0.344 e. The maximum Gasteiger partial charge on any atom is 0.262 e. The summed E-state index contributed by atoms with van der Waals surface area (Å²) in [6.07, 6.45) is 2.46. The Balaban J connectivity index is 1.71. The lowest BCUT2D eigenvalue weighted by Gasteiger charge is -2.27. The number of carbonyl (C=O) groups is 3. The molecule has 1 aliphatic heterocycles. The topological polar surface area (TPSA) is 126 Å². The number of hydrogen-bond acceptors (Lipinski definition) is 7. The summed E-state index contributed by atoms with van der Waals surface area (Å²) in [5.74, 6) is -1.20. The van der Waals surface area contributed by atoms with Crippen LogP contribution in [0.15, 0.2) is 41.6 Å². The zero-order valence-electron chi connectivity index (χ0n) is 20.4. The van der Waals surface area contributed by atoms with Gasteiger partial charge < -0.3 is 10.6 Å². The van der Waals surface area contributed by atoms with Crippen molar-refractivity contribution in [1.29, 1.82) is 0 Å². The van der Waals surface area contributed by atoms with Crippen molar-refractivity contribution in [2.45, 2.75) is 64.1 Å². The normalized spacial score (nSPS) is 18.5. The Hall–Kier alpha value is -2.63. The average molecular weight is 521 g/mol. The van der Waals surface area contributed by atoms with E-state index in [1.807, 2.05) is 33.8 Å². The first-order valence-corrected chi connectivity index (χ1v) is 13.7. The summed E-state index contributed by atoms with van der Waals surface area (Å²) in [5.41, 5.74) is -0.262. The molecule has 0 radical (unpaired) electrons. The fourth-order valence-corrected chi connectivity index (χ4v) is 6.01. The maximum absolute atomic E-state index is 13.2. The second-order valence-corrected chi connectivity index (χ2v) is 13.1. The van der Waals surface area contributed by atoms with E-state index in [1.54, 1.807) is 18.2 Å². The number of sulfonamides is 1. The van der Waals surface area contributed by atoms with Crippen molar-refractivity contribution >= 4 is 39.0 Å². The molecule has 2 N–H and O–H groups in total. The van der Waals surface area contributed by atoms with Gasteiger partial charge in [-0.25, -0.2) is 13.4 Å². The molecule has 0 bridgehead atoms. The fraction of sp³-hybridized carbons (Fsp3) is 0.500. The zero-order valence-corrected chi connectivity index (χ0v) is 22.0. The van der Waals surface area contributed by atoms with Gasteiger partial charge in [-0.15, -0.1) is 11.3 Å². The molecule has 0 unspecified atom stereocenters. The van der Waals surface area contributed by atoms with E-state index in [4.69, 9.17) is 0 Å². The van der Waals surface area contributed by atoms with Gasteiger partial charge in [0.2, 0.25) is 5.91 Å². The summed E-state index contributed by atoms with van der Waals surface area (Å²) in [5, 5.41) is 5.46. The lowest BCUT2D eigenvalue weighted by molar-refractivity contribution is -0.129. The van der Waals surface area contributed by atoms with Gasteiger partial charge >= 0.3 is 0 Å². The predicted octanol–water partition coefficient (Wildman–Crippen LogP) is 2.52. The second-order valence-electron chi connectivity index (χ2n) is 9.88. The van der Waals surface area contributed by atoms with Crippen LogP contribution < -0.4 is 10.6 Å². The van der Waals surface area contributed by atoms with Gasteiger partial charge in [0, 0.05) is 17.6 Å². The molecule has 1 aliphatic rings. The van der Waals surface area contributed by atoms with Gasteiger partial charge in [-0.05, 0) is 55.9 Å². The molecule has 9 nitrogen and oxygen atoms in total. The molecule has 2 aromatic heterocycles. The third kappa shape index (κ3) is 7.18. The number of aryl methyl sites for hydroxylation is 1. The molecule has 2 amide bonds. The van der Waals surface area contributed by atoms with Gasteiger partial charge in [0.15, 0.2) is 10.8 Å². The van der Waals surface area contributed by atoms with Crippen LogP contribution >= 0.6 is 11.3 Å². The number of thiophene rings is 1. The van der Waals surface area contributed by atoms with Gasteiger partial charge in [-0.3, -0.25) is 14.4 Å². The summed E-state index contributed by atoms with van der Waals surface area (Å²) in [6.45, 7) is 7.59. The van der Waals surface area contributed by atoms with Crippen LogP contribution in [-0.2, 0) is 19.6 Å². The van der Waals surface area contributed by atoms with Crippen LogP contribution in [0.25, 0.3) is 0 Å². The largest absolute Gasteiger partial charge is 0.344 e. The molecule has 190 valence electrons. The van der Waals surface area contributed by atoms with E-state index < -0.39 is 33.8 Å². The van der Waals surface area contributed by atoms with Crippen LogP contribution in [0.5, 0.6) is 0 Å². The molecule has 0 saturated carbocycles. The Morgan fingerprint density at radius 3 is 2.57 bits per heavy atom. The van der Waals surface area contributed by atoms with Crippen LogP contribution in [0.3, 0.4) is 0 Å². The highest BCUT2D eigenvalue weighted by Crippen LogP contribution is 2.23. The van der Waals surface area contributed by atoms with Crippen molar-refractivity contribution in [2.75, 3.05) is 13.1 Å². The van der Waals surface area contributed by atoms with E-state index in [1.165, 1.54) is 23.6 Å². The highest BCUT2D eigenvalue weighted by molar-refractivity contribution is 7.89. The summed E-state index contributed by atoms with van der Waals surface area (Å²) in [6, 6.07) is 6.46. The number of Topliss-reactive ketones (excluding diaryl/α,β-unsaturated/α-hetero) is 1. The SMILES string of the molecule is Cc1ccc(C(=O)N[C@@H](CC(C)(C)C)C(=O)N[C@H]2CCCN(S(=O)(=O)c3ccccn3)CC2=O)s1. The Morgan fingerprint density at radius 1 is 1.23 bits per heavy atom. The summed E-state index contributed by atoms with van der Waals surface area (Å²) < 4.78 is 26.9. The Morgan fingerprint density at radius 2 is 1.97 bits per heavy atom. The number of rotatable bonds is 7. The van der Waals surface area contributed by atoms with Crippen LogP contribution in [0.1, 0.15) is 54.6 Å². The van der Waals surface area contributed by atoms with Crippen molar-refractivity contribution in [3.05, 3.63) is 46.3 Å². The van der Waals surface area contributed by atoms with Crippen molar-refractivity contribution in [3.63, 3.8) is 0 Å². The third-order valence-electron chi connectivity index (χ3n) is 5.58. The first-order chi connectivity index (χ1) is 16.4. The monoisotopic (exact) mass is 520 g/mol. The van der Waals surface area contributed by atoms with Crippen molar-refractivity contribution in [3.8, 4) is 0 Å². The zero-order chi connectivity index (χ0) is 25.8. The number of hydrogen-bond donors (Lipinski definition) is 2. The molecule has 1 saturated heterocycles. The van der Waals surface area contributed by atoms with Gasteiger partial charge in [-0.1, -0.05) is 26.8 Å². The first-order valence-electron chi connectivity index (χ1n) is 11.5. The Kier molecular flexibility index (Phi) is 8.45. The summed E-state index contributed by atoms with van der Waals surface area (Å²) in [7, 11) is -3.92. The molecule has 0 aromatic carbocycles. The lowest BCUT2D eigenvalue weighted by atomic mass is 9.87. The number of pyridine rings is 1. The highest BCUT2D eigenvalue weighted by Gasteiger charge is 2.35.